The number of furan rings is 1. The third-order valence-corrected chi connectivity index (χ3v) is 5.00. The van der Waals surface area contributed by atoms with Gasteiger partial charge in [0.25, 0.3) is 0 Å². The van der Waals surface area contributed by atoms with Gasteiger partial charge in [0.05, 0.1) is 5.75 Å². The predicted octanol–water partition coefficient (Wildman–Crippen LogP) is 3.62. The molecule has 0 aliphatic heterocycles. The van der Waals surface area contributed by atoms with Gasteiger partial charge in [-0.2, -0.15) is 0 Å². The number of hydrogen-bond donors (Lipinski definition) is 1. The van der Waals surface area contributed by atoms with Crippen molar-refractivity contribution in [1.29, 1.82) is 0 Å². The average molecular weight is 347 g/mol. The van der Waals surface area contributed by atoms with Gasteiger partial charge in [0.15, 0.2) is 0 Å². The molecule has 126 valence electrons. The lowest BCUT2D eigenvalue weighted by Gasteiger charge is -2.06. The van der Waals surface area contributed by atoms with Crippen LogP contribution >= 0.6 is 0 Å². The Morgan fingerprint density at radius 2 is 1.88 bits per heavy atom. The van der Waals surface area contributed by atoms with Crippen LogP contribution in [0.5, 0.6) is 0 Å². The van der Waals surface area contributed by atoms with Gasteiger partial charge in [0.2, 0.25) is 10.0 Å². The first-order valence-electron chi connectivity index (χ1n) is 7.71. The summed E-state index contributed by atoms with van der Waals surface area (Å²) in [4.78, 5) is 0. The molecular formula is C18H18FNO3S. The molecule has 0 aliphatic carbocycles. The Hall–Kier alpha value is -2.18. The Kier molecular flexibility index (Phi) is 4.97. The first kappa shape index (κ1) is 16.7. The lowest BCUT2D eigenvalue weighted by Crippen LogP contribution is -2.26. The van der Waals surface area contributed by atoms with E-state index < -0.39 is 15.8 Å². The largest absolute Gasteiger partial charge is 0.461 e. The molecule has 0 spiro atoms. The Bertz CT molecular complexity index is 901. The van der Waals surface area contributed by atoms with Crippen LogP contribution in [0, 0.1) is 5.82 Å². The summed E-state index contributed by atoms with van der Waals surface area (Å²) in [5, 5.41) is 1.04. The zero-order chi connectivity index (χ0) is 17.0. The Balaban J connectivity index is 1.50. The summed E-state index contributed by atoms with van der Waals surface area (Å²) in [5.41, 5.74) is 1.26. The zero-order valence-corrected chi connectivity index (χ0v) is 13.9. The van der Waals surface area contributed by atoms with E-state index in [9.17, 15) is 12.8 Å². The summed E-state index contributed by atoms with van der Waals surface area (Å²) in [6, 6.07) is 15.3. The third kappa shape index (κ3) is 4.43. The van der Waals surface area contributed by atoms with Crippen LogP contribution in [-0.2, 0) is 22.2 Å². The van der Waals surface area contributed by atoms with Crippen molar-refractivity contribution in [3.63, 3.8) is 0 Å². The van der Waals surface area contributed by atoms with Crippen LogP contribution in [-0.4, -0.2) is 15.0 Å². The minimum absolute atomic E-state index is 0.227. The first-order chi connectivity index (χ1) is 11.5. The number of para-hydroxylation sites is 1. The summed E-state index contributed by atoms with van der Waals surface area (Å²) in [6.07, 6.45) is 1.28. The third-order valence-electron chi connectivity index (χ3n) is 3.64. The van der Waals surface area contributed by atoms with Crippen molar-refractivity contribution in [3.8, 4) is 0 Å². The fraction of sp³-hybridized carbons (Fsp3) is 0.222. The number of rotatable bonds is 7. The molecule has 0 bridgehead atoms. The van der Waals surface area contributed by atoms with Crippen LogP contribution in [0.1, 0.15) is 17.7 Å². The highest BCUT2D eigenvalue weighted by Gasteiger charge is 2.11. The Morgan fingerprint density at radius 3 is 2.67 bits per heavy atom. The molecule has 4 nitrogen and oxygen atoms in total. The van der Waals surface area contributed by atoms with E-state index in [0.29, 0.717) is 24.9 Å². The highest BCUT2D eigenvalue weighted by molar-refractivity contribution is 7.88. The van der Waals surface area contributed by atoms with Crippen LogP contribution in [0.15, 0.2) is 59.0 Å². The maximum atomic E-state index is 13.1. The van der Waals surface area contributed by atoms with E-state index in [0.717, 1.165) is 16.7 Å². The summed E-state index contributed by atoms with van der Waals surface area (Å²) >= 11 is 0. The number of hydrogen-bond acceptors (Lipinski definition) is 3. The molecule has 2 aromatic carbocycles. The molecule has 0 atom stereocenters. The Morgan fingerprint density at radius 1 is 1.04 bits per heavy atom. The second-order valence-corrected chi connectivity index (χ2v) is 7.44. The van der Waals surface area contributed by atoms with Gasteiger partial charge < -0.3 is 4.42 Å². The number of sulfonamides is 1. The van der Waals surface area contributed by atoms with Crippen molar-refractivity contribution in [2.75, 3.05) is 6.54 Å². The van der Waals surface area contributed by atoms with Crippen molar-refractivity contribution in [3.05, 3.63) is 71.7 Å². The van der Waals surface area contributed by atoms with E-state index in [-0.39, 0.29) is 5.75 Å². The SMILES string of the molecule is O=S(=O)(Cc1cccc(F)c1)NCCCc1cc2ccccc2o1. The molecule has 0 amide bonds. The van der Waals surface area contributed by atoms with E-state index in [4.69, 9.17) is 4.42 Å². The lowest BCUT2D eigenvalue weighted by atomic mass is 10.2. The van der Waals surface area contributed by atoms with Crippen LogP contribution in [0.3, 0.4) is 0 Å². The van der Waals surface area contributed by atoms with E-state index in [2.05, 4.69) is 4.72 Å². The predicted molar refractivity (Wildman–Crippen MR) is 91.6 cm³/mol. The van der Waals surface area contributed by atoms with E-state index >= 15 is 0 Å². The zero-order valence-electron chi connectivity index (χ0n) is 13.0. The van der Waals surface area contributed by atoms with Gasteiger partial charge in [-0.25, -0.2) is 17.5 Å². The number of benzene rings is 2. The van der Waals surface area contributed by atoms with Crippen molar-refractivity contribution in [2.45, 2.75) is 18.6 Å². The number of halogens is 1. The van der Waals surface area contributed by atoms with Crippen molar-refractivity contribution in [2.24, 2.45) is 0 Å². The quantitative estimate of drug-likeness (QED) is 0.664. The molecule has 3 rings (SSSR count). The molecule has 1 N–H and O–H groups in total. The van der Waals surface area contributed by atoms with Crippen molar-refractivity contribution >= 4 is 21.0 Å². The van der Waals surface area contributed by atoms with Crippen LogP contribution in [0.25, 0.3) is 11.0 Å². The highest BCUT2D eigenvalue weighted by Crippen LogP contribution is 2.19. The molecule has 6 heteroatoms. The minimum Gasteiger partial charge on any atom is -0.461 e. The fourth-order valence-electron chi connectivity index (χ4n) is 2.55. The molecule has 3 aromatic rings. The van der Waals surface area contributed by atoms with Gasteiger partial charge in [0.1, 0.15) is 17.2 Å². The molecule has 0 saturated carbocycles. The molecule has 0 unspecified atom stereocenters. The van der Waals surface area contributed by atoms with E-state index in [1.165, 1.54) is 18.2 Å². The fourth-order valence-corrected chi connectivity index (χ4v) is 3.72. The molecule has 1 aromatic heterocycles. The second kappa shape index (κ2) is 7.15. The summed E-state index contributed by atoms with van der Waals surface area (Å²) < 4.78 is 45.3. The standard InChI is InChI=1S/C18H18FNO3S/c19-16-7-3-5-14(11-16)13-24(21,22)20-10-4-8-17-12-15-6-1-2-9-18(15)23-17/h1-3,5-7,9,11-12,20H,4,8,10,13H2. The van der Waals surface area contributed by atoms with Gasteiger partial charge in [-0.3, -0.25) is 0 Å². The number of aryl methyl sites for hydroxylation is 1. The molecule has 24 heavy (non-hydrogen) atoms. The summed E-state index contributed by atoms with van der Waals surface area (Å²) in [6.45, 7) is 0.314. The van der Waals surface area contributed by atoms with Crippen LogP contribution < -0.4 is 4.72 Å². The smallest absolute Gasteiger partial charge is 0.215 e. The molecule has 1 heterocycles. The van der Waals surface area contributed by atoms with E-state index in [1.54, 1.807) is 6.07 Å². The minimum atomic E-state index is -3.48. The normalized spacial score (nSPS) is 11.9. The number of nitrogens with one attached hydrogen (secondary N) is 1. The maximum absolute atomic E-state index is 13.1. The molecule has 0 saturated heterocycles. The van der Waals surface area contributed by atoms with Gasteiger partial charge in [-0.05, 0) is 36.2 Å². The van der Waals surface area contributed by atoms with Gasteiger partial charge in [0, 0.05) is 18.4 Å². The average Bonchev–Trinajstić information content (AvgIpc) is 2.94. The monoisotopic (exact) mass is 347 g/mol. The number of fused-ring (bicyclic) bond motifs is 1. The molecular weight excluding hydrogens is 329 g/mol. The van der Waals surface area contributed by atoms with Crippen molar-refractivity contribution in [1.82, 2.24) is 4.72 Å². The topological polar surface area (TPSA) is 59.3 Å². The Labute approximate surface area is 140 Å². The second-order valence-electron chi connectivity index (χ2n) is 5.64. The van der Waals surface area contributed by atoms with Crippen LogP contribution in [0.4, 0.5) is 4.39 Å². The van der Waals surface area contributed by atoms with Gasteiger partial charge in [-0.15, -0.1) is 0 Å². The maximum Gasteiger partial charge on any atom is 0.215 e. The summed E-state index contributed by atoms with van der Waals surface area (Å²) in [7, 11) is -3.48. The van der Waals surface area contributed by atoms with E-state index in [1.807, 2.05) is 30.3 Å². The molecule has 0 fully saturated rings. The molecule has 0 radical (unpaired) electrons. The van der Waals surface area contributed by atoms with Gasteiger partial charge >= 0.3 is 0 Å². The molecule has 0 aliphatic rings. The highest BCUT2D eigenvalue weighted by atomic mass is 32.2. The van der Waals surface area contributed by atoms with Gasteiger partial charge in [-0.1, -0.05) is 30.3 Å². The van der Waals surface area contributed by atoms with Crippen LogP contribution in [0.2, 0.25) is 0 Å². The lowest BCUT2D eigenvalue weighted by molar-refractivity contribution is 0.533. The first-order valence-corrected chi connectivity index (χ1v) is 9.36. The summed E-state index contributed by atoms with van der Waals surface area (Å²) in [5.74, 6) is 0.170. The van der Waals surface area contributed by atoms with Crippen molar-refractivity contribution < 1.29 is 17.2 Å².